The van der Waals surface area contributed by atoms with Crippen molar-refractivity contribution in [3.05, 3.63) is 144 Å². The predicted molar refractivity (Wildman–Crippen MR) is 155 cm³/mol. The molecule has 0 amide bonds. The quantitative estimate of drug-likeness (QED) is 0.221. The Balaban J connectivity index is 1.48. The van der Waals surface area contributed by atoms with Crippen LogP contribution in [0.1, 0.15) is 41.4 Å². The first-order valence-electron chi connectivity index (χ1n) is 13.7. The number of carbonyl (C=O) groups is 4. The van der Waals surface area contributed by atoms with Crippen molar-refractivity contribution >= 4 is 23.9 Å². The molecule has 1 aliphatic rings. The summed E-state index contributed by atoms with van der Waals surface area (Å²) in [7, 11) is 0. The number of benzene rings is 4. The zero-order chi connectivity index (χ0) is 30.9. The molecule has 0 radical (unpaired) electrons. The van der Waals surface area contributed by atoms with Crippen molar-refractivity contribution in [2.75, 3.05) is 6.61 Å². The van der Waals surface area contributed by atoms with Gasteiger partial charge in [0, 0.05) is 0 Å². The van der Waals surface area contributed by atoms with Gasteiger partial charge in [-0.2, -0.15) is 0 Å². The molecule has 0 spiro atoms. The number of aliphatic hydroxyl groups is 1. The first-order chi connectivity index (χ1) is 21.4. The summed E-state index contributed by atoms with van der Waals surface area (Å²) in [5.41, 5.74) is 0.736. The lowest BCUT2D eigenvalue weighted by Gasteiger charge is -2.42. The highest BCUT2D eigenvalue weighted by Gasteiger charge is 2.52. The van der Waals surface area contributed by atoms with Gasteiger partial charge in [-0.3, -0.25) is 0 Å². The topological polar surface area (TPSA) is 135 Å². The van der Waals surface area contributed by atoms with Crippen LogP contribution in [0.3, 0.4) is 0 Å². The fourth-order valence-corrected chi connectivity index (χ4v) is 4.54. The monoisotopic (exact) mass is 596 g/mol. The Bertz CT molecular complexity index is 1560. The Kier molecular flexibility index (Phi) is 9.75. The maximum Gasteiger partial charge on any atom is 0.338 e. The molecule has 5 atom stereocenters. The van der Waals surface area contributed by atoms with E-state index in [1.165, 1.54) is 36.4 Å². The van der Waals surface area contributed by atoms with Crippen LogP contribution in [-0.2, 0) is 23.7 Å². The maximum atomic E-state index is 13.3. The molecule has 0 saturated carbocycles. The molecule has 4 aromatic rings. The van der Waals surface area contributed by atoms with E-state index in [1.54, 1.807) is 84.9 Å². The van der Waals surface area contributed by atoms with E-state index in [1.807, 2.05) is 0 Å². The molecule has 0 aromatic heterocycles. The van der Waals surface area contributed by atoms with E-state index in [2.05, 4.69) is 0 Å². The summed E-state index contributed by atoms with van der Waals surface area (Å²) in [5, 5.41) is 11.1. The normalized spacial score (nSPS) is 21.0. The number of rotatable bonds is 9. The zero-order valence-electron chi connectivity index (χ0n) is 23.3. The van der Waals surface area contributed by atoms with Gasteiger partial charge in [0.15, 0.2) is 24.6 Å². The Labute approximate surface area is 252 Å². The van der Waals surface area contributed by atoms with Gasteiger partial charge in [0.1, 0.15) is 12.7 Å². The fraction of sp³-hybridized carbons (Fsp3) is 0.176. The molecule has 5 unspecified atom stereocenters. The number of esters is 4. The number of carbonyl (C=O) groups excluding carboxylic acids is 4. The zero-order valence-corrected chi connectivity index (χ0v) is 23.3. The van der Waals surface area contributed by atoms with Gasteiger partial charge in [0.25, 0.3) is 0 Å². The molecule has 10 nitrogen and oxygen atoms in total. The molecule has 1 heterocycles. The molecular weight excluding hydrogens is 568 g/mol. The lowest BCUT2D eigenvalue weighted by atomic mass is 9.97. The van der Waals surface area contributed by atoms with Crippen molar-refractivity contribution in [3.63, 3.8) is 0 Å². The van der Waals surface area contributed by atoms with E-state index in [-0.39, 0.29) is 22.3 Å². The predicted octanol–water partition coefficient (Wildman–Crippen LogP) is 4.24. The summed E-state index contributed by atoms with van der Waals surface area (Å²) < 4.78 is 28.4. The van der Waals surface area contributed by atoms with E-state index in [4.69, 9.17) is 23.7 Å². The van der Waals surface area contributed by atoms with Crippen molar-refractivity contribution in [2.24, 2.45) is 0 Å². The molecular formula is C34H28O10. The van der Waals surface area contributed by atoms with Crippen LogP contribution in [0.15, 0.2) is 121 Å². The molecule has 1 saturated heterocycles. The molecule has 0 bridgehead atoms. The van der Waals surface area contributed by atoms with Crippen molar-refractivity contribution in [2.45, 2.75) is 30.7 Å². The average Bonchev–Trinajstić information content (AvgIpc) is 3.07. The maximum absolute atomic E-state index is 13.3. The van der Waals surface area contributed by atoms with Crippen LogP contribution in [0.2, 0.25) is 0 Å². The van der Waals surface area contributed by atoms with Gasteiger partial charge >= 0.3 is 23.9 Å². The Morgan fingerprint density at radius 1 is 0.500 bits per heavy atom. The molecule has 10 heteroatoms. The molecule has 5 rings (SSSR count). The Morgan fingerprint density at radius 2 is 0.841 bits per heavy atom. The average molecular weight is 597 g/mol. The summed E-state index contributed by atoms with van der Waals surface area (Å²) in [5.74, 6) is -3.21. The van der Waals surface area contributed by atoms with E-state index >= 15 is 0 Å². The second-order valence-electron chi connectivity index (χ2n) is 9.74. The molecule has 224 valence electrons. The number of hydrogen-bond donors (Lipinski definition) is 1. The summed E-state index contributed by atoms with van der Waals surface area (Å²) >= 11 is 0. The van der Waals surface area contributed by atoms with E-state index in [0.29, 0.717) is 0 Å². The summed E-state index contributed by atoms with van der Waals surface area (Å²) in [6.07, 6.45) is -7.89. The first-order valence-corrected chi connectivity index (χ1v) is 13.7. The van der Waals surface area contributed by atoms with Gasteiger partial charge in [-0.15, -0.1) is 0 Å². The minimum Gasteiger partial charge on any atom is -0.459 e. The lowest BCUT2D eigenvalue weighted by Crippen LogP contribution is -2.62. The molecule has 0 aliphatic carbocycles. The van der Waals surface area contributed by atoms with Gasteiger partial charge < -0.3 is 28.8 Å². The first kappa shape index (κ1) is 30.1. The lowest BCUT2D eigenvalue weighted by molar-refractivity contribution is -0.284. The van der Waals surface area contributed by atoms with E-state index in [9.17, 15) is 24.3 Å². The van der Waals surface area contributed by atoms with Gasteiger partial charge in [-0.1, -0.05) is 72.8 Å². The molecule has 1 aliphatic heterocycles. The van der Waals surface area contributed by atoms with Crippen molar-refractivity contribution in [1.29, 1.82) is 0 Å². The summed E-state index contributed by atoms with van der Waals surface area (Å²) in [6, 6.07) is 32.1. The van der Waals surface area contributed by atoms with Crippen LogP contribution in [0.5, 0.6) is 0 Å². The third-order valence-corrected chi connectivity index (χ3v) is 6.76. The minimum atomic E-state index is -1.86. The van der Waals surface area contributed by atoms with Gasteiger partial charge in [-0.25, -0.2) is 19.2 Å². The number of aliphatic hydroxyl groups excluding tert-OH is 1. The van der Waals surface area contributed by atoms with E-state index in [0.717, 1.165) is 0 Å². The summed E-state index contributed by atoms with van der Waals surface area (Å²) in [4.78, 5) is 52.3. The third kappa shape index (κ3) is 7.35. The van der Waals surface area contributed by atoms with Crippen molar-refractivity contribution in [1.82, 2.24) is 0 Å². The number of ether oxygens (including phenoxy) is 5. The molecule has 1 fully saturated rings. The highest BCUT2D eigenvalue weighted by Crippen LogP contribution is 2.30. The molecule has 4 aromatic carbocycles. The van der Waals surface area contributed by atoms with Gasteiger partial charge in [0.2, 0.25) is 0 Å². The summed E-state index contributed by atoms with van der Waals surface area (Å²) in [6.45, 7) is -0.504. The van der Waals surface area contributed by atoms with Crippen LogP contribution in [0.25, 0.3) is 0 Å². The smallest absolute Gasteiger partial charge is 0.338 e. The standard InChI is InChI=1S/C34H28O10/c35-30(22-13-5-1-6-14-22)40-21-26-27(42-31(36)23-15-7-2-8-16-23)28(43-32(37)24-17-9-3-10-18-24)29(34(39)41-26)44-33(38)25-19-11-4-12-20-25/h1-20,26-29,34,39H,21H2. The van der Waals surface area contributed by atoms with E-state index < -0.39 is 61.2 Å². The van der Waals surface area contributed by atoms with Crippen LogP contribution >= 0.6 is 0 Å². The Morgan fingerprint density at radius 3 is 1.25 bits per heavy atom. The Hall–Kier alpha value is -5.32. The SMILES string of the molecule is O=C(OCC1OC(O)C(OC(=O)c2ccccc2)C(OC(=O)c2ccccc2)C1OC(=O)c1ccccc1)c1ccccc1. The van der Waals surface area contributed by atoms with Crippen molar-refractivity contribution in [3.8, 4) is 0 Å². The van der Waals surface area contributed by atoms with Crippen LogP contribution < -0.4 is 0 Å². The third-order valence-electron chi connectivity index (χ3n) is 6.76. The van der Waals surface area contributed by atoms with Crippen LogP contribution in [0, 0.1) is 0 Å². The second kappa shape index (κ2) is 14.2. The largest absolute Gasteiger partial charge is 0.459 e. The van der Waals surface area contributed by atoms with Gasteiger partial charge in [0.05, 0.1) is 22.3 Å². The van der Waals surface area contributed by atoms with Crippen molar-refractivity contribution < 1.29 is 48.0 Å². The highest BCUT2D eigenvalue weighted by atomic mass is 16.7. The molecule has 44 heavy (non-hydrogen) atoms. The second-order valence-corrected chi connectivity index (χ2v) is 9.74. The number of hydrogen-bond acceptors (Lipinski definition) is 10. The van der Waals surface area contributed by atoms with Gasteiger partial charge in [-0.05, 0) is 48.5 Å². The fourth-order valence-electron chi connectivity index (χ4n) is 4.54. The molecule has 1 N–H and O–H groups in total. The van der Waals surface area contributed by atoms with Crippen LogP contribution in [0.4, 0.5) is 0 Å². The highest BCUT2D eigenvalue weighted by molar-refractivity contribution is 5.91. The minimum absolute atomic E-state index is 0.154. The van der Waals surface area contributed by atoms with Crippen LogP contribution in [-0.4, -0.2) is 66.3 Å².